The van der Waals surface area contributed by atoms with Crippen LogP contribution in [0.15, 0.2) is 59.1 Å². The van der Waals surface area contributed by atoms with Gasteiger partial charge in [-0.1, -0.05) is 19.9 Å². The fraction of sp³-hybridized carbons (Fsp3) is 0.222. The van der Waals surface area contributed by atoms with Crippen molar-refractivity contribution in [1.82, 2.24) is 5.32 Å². The van der Waals surface area contributed by atoms with Gasteiger partial charge in [0.25, 0.3) is 0 Å². The van der Waals surface area contributed by atoms with E-state index in [1.165, 1.54) is 19.1 Å². The Bertz CT molecular complexity index is 1600. The first-order valence-corrected chi connectivity index (χ1v) is 13.1. The summed E-state index contributed by atoms with van der Waals surface area (Å²) in [6.45, 7) is 5.26. The number of carbonyl (C=O) groups is 2. The first-order valence-electron chi connectivity index (χ1n) is 11.4. The molecule has 1 N–H and O–H groups in total. The molecular formula is C27H19F3N3O2SSe. The number of aliphatic imine (C=N–C) groups is 1. The summed E-state index contributed by atoms with van der Waals surface area (Å²) in [6.07, 6.45) is -3.29. The van der Waals surface area contributed by atoms with Crippen LogP contribution < -0.4 is 10.2 Å². The number of nitrogens with one attached hydrogen (secondary N) is 1. The maximum atomic E-state index is 15.0. The molecule has 6 rings (SSSR count). The second-order valence-electron chi connectivity index (χ2n) is 9.90. The van der Waals surface area contributed by atoms with E-state index in [4.69, 9.17) is 0 Å². The molecule has 3 aromatic rings. The van der Waals surface area contributed by atoms with Gasteiger partial charge in [-0.15, -0.1) is 0 Å². The molecule has 0 saturated carbocycles. The SMILES string of the molecule is CC1(C)c2ccccc2N2c3sc(/C=C4/C(=O)N=C([Se])NC4=O)cc3C(C)(C(F)(F)F)c3cccc1c32. The van der Waals surface area contributed by atoms with E-state index in [-0.39, 0.29) is 21.4 Å². The fourth-order valence-corrected chi connectivity index (χ4v) is 7.12. The van der Waals surface area contributed by atoms with Crippen LogP contribution in [-0.2, 0) is 20.4 Å². The normalized spacial score (nSPS) is 22.7. The quantitative estimate of drug-likeness (QED) is 0.230. The molecule has 0 spiro atoms. The zero-order chi connectivity index (χ0) is 26.5. The summed E-state index contributed by atoms with van der Waals surface area (Å²) in [6, 6.07) is 14.3. The van der Waals surface area contributed by atoms with Crippen LogP contribution in [0.25, 0.3) is 6.08 Å². The molecule has 1 radical (unpaired) electrons. The molecule has 0 saturated heterocycles. The molecule has 0 bridgehead atoms. The number of amides is 2. The van der Waals surface area contributed by atoms with Crippen molar-refractivity contribution in [2.75, 3.05) is 4.90 Å². The number of para-hydroxylation sites is 2. The van der Waals surface area contributed by atoms with Crippen molar-refractivity contribution in [3.05, 3.63) is 81.2 Å². The van der Waals surface area contributed by atoms with Gasteiger partial charge in [-0.3, -0.25) is 0 Å². The molecule has 187 valence electrons. The first-order chi connectivity index (χ1) is 17.4. The molecule has 2 amide bonds. The third kappa shape index (κ3) is 3.19. The van der Waals surface area contributed by atoms with Crippen LogP contribution in [-0.4, -0.2) is 38.7 Å². The maximum absolute atomic E-state index is 15.0. The number of anilines is 3. The number of hydrogen-bond donors (Lipinski definition) is 1. The van der Waals surface area contributed by atoms with Crippen LogP contribution in [0.5, 0.6) is 0 Å². The molecule has 1 unspecified atom stereocenters. The Labute approximate surface area is 222 Å². The number of alkyl halides is 3. The number of nitrogens with zero attached hydrogens (tertiary/aromatic N) is 2. The predicted octanol–water partition coefficient (Wildman–Crippen LogP) is 5.60. The fourth-order valence-electron chi connectivity index (χ4n) is 5.52. The molecule has 37 heavy (non-hydrogen) atoms. The van der Waals surface area contributed by atoms with Crippen LogP contribution in [0, 0.1) is 0 Å². The molecule has 3 aliphatic rings. The van der Waals surface area contributed by atoms with E-state index in [9.17, 15) is 9.59 Å². The van der Waals surface area contributed by atoms with Gasteiger partial charge in [0, 0.05) is 0 Å². The van der Waals surface area contributed by atoms with Crippen molar-refractivity contribution in [3.63, 3.8) is 0 Å². The van der Waals surface area contributed by atoms with Gasteiger partial charge in [0.1, 0.15) is 0 Å². The van der Waals surface area contributed by atoms with Crippen LogP contribution >= 0.6 is 11.3 Å². The van der Waals surface area contributed by atoms with E-state index in [2.05, 4.69) is 26.3 Å². The predicted molar refractivity (Wildman–Crippen MR) is 138 cm³/mol. The Balaban J connectivity index is 1.67. The Morgan fingerprint density at radius 2 is 1.68 bits per heavy atom. The van der Waals surface area contributed by atoms with Crippen molar-refractivity contribution in [3.8, 4) is 0 Å². The number of thiophene rings is 1. The Morgan fingerprint density at radius 1 is 1.00 bits per heavy atom. The van der Waals surface area contributed by atoms with Gasteiger partial charge in [-0.2, -0.15) is 0 Å². The molecule has 10 heteroatoms. The molecule has 1 atom stereocenters. The number of carbonyl (C=O) groups excluding carboxylic acids is 2. The first kappa shape index (κ1) is 24.2. The summed E-state index contributed by atoms with van der Waals surface area (Å²) in [5, 5.41) is 2.84. The van der Waals surface area contributed by atoms with E-state index in [0.29, 0.717) is 15.6 Å². The number of halogens is 3. The van der Waals surface area contributed by atoms with Gasteiger partial charge < -0.3 is 0 Å². The third-order valence-electron chi connectivity index (χ3n) is 7.52. The van der Waals surface area contributed by atoms with E-state index < -0.39 is 28.8 Å². The zero-order valence-corrected chi connectivity index (χ0v) is 22.4. The summed E-state index contributed by atoms with van der Waals surface area (Å²) in [4.78, 5) is 30.9. The average Bonchev–Trinajstić information content (AvgIpc) is 3.24. The van der Waals surface area contributed by atoms with Gasteiger partial charge in [-0.25, -0.2) is 0 Å². The Kier molecular flexibility index (Phi) is 5.00. The topological polar surface area (TPSA) is 61.8 Å². The number of benzene rings is 2. The minimum absolute atomic E-state index is 0.0535. The molecule has 3 aliphatic heterocycles. The van der Waals surface area contributed by atoms with Gasteiger partial charge in [0.2, 0.25) is 0 Å². The number of hydrogen-bond acceptors (Lipinski definition) is 4. The van der Waals surface area contributed by atoms with Gasteiger partial charge in [-0.05, 0) is 0 Å². The van der Waals surface area contributed by atoms with Crippen molar-refractivity contribution in [2.24, 2.45) is 4.99 Å². The zero-order valence-electron chi connectivity index (χ0n) is 19.9. The minimum atomic E-state index is -4.61. The summed E-state index contributed by atoms with van der Waals surface area (Å²) < 4.78 is 45.1. The molecule has 0 fully saturated rings. The van der Waals surface area contributed by atoms with Crippen LogP contribution in [0.1, 0.15) is 47.9 Å². The van der Waals surface area contributed by atoms with Crippen LogP contribution in [0.3, 0.4) is 0 Å². The summed E-state index contributed by atoms with van der Waals surface area (Å²) in [7, 11) is 0. The Morgan fingerprint density at radius 3 is 2.38 bits per heavy atom. The van der Waals surface area contributed by atoms with Crippen LogP contribution in [0.2, 0.25) is 0 Å². The van der Waals surface area contributed by atoms with Gasteiger partial charge in [0.15, 0.2) is 0 Å². The molecular weight excluding hydrogens is 566 g/mol. The monoisotopic (exact) mass is 586 g/mol. The second-order valence-corrected chi connectivity index (χ2v) is 11.8. The molecule has 0 aliphatic carbocycles. The van der Waals surface area contributed by atoms with E-state index >= 15 is 13.2 Å². The number of amidine groups is 1. The van der Waals surface area contributed by atoms with Gasteiger partial charge >= 0.3 is 203 Å². The Hall–Kier alpha value is -3.20. The number of fused-ring (bicyclic) bond motifs is 4. The third-order valence-corrected chi connectivity index (χ3v) is 8.99. The summed E-state index contributed by atoms with van der Waals surface area (Å²) >= 11 is 3.60. The van der Waals surface area contributed by atoms with E-state index in [1.54, 1.807) is 12.1 Å². The van der Waals surface area contributed by atoms with Crippen molar-refractivity contribution >= 4 is 66.3 Å². The average molecular weight is 585 g/mol. The molecule has 5 nitrogen and oxygen atoms in total. The van der Waals surface area contributed by atoms with Crippen molar-refractivity contribution in [1.29, 1.82) is 0 Å². The molecule has 4 heterocycles. The van der Waals surface area contributed by atoms with Crippen molar-refractivity contribution in [2.45, 2.75) is 37.8 Å². The summed E-state index contributed by atoms with van der Waals surface area (Å²) in [5.74, 6) is -1.41. The van der Waals surface area contributed by atoms with E-state index in [1.807, 2.05) is 49.1 Å². The van der Waals surface area contributed by atoms with Gasteiger partial charge in [0.05, 0.1) is 0 Å². The van der Waals surface area contributed by atoms with Crippen LogP contribution in [0.4, 0.5) is 29.5 Å². The summed E-state index contributed by atoms with van der Waals surface area (Å²) in [5.41, 5.74) is 0.331. The van der Waals surface area contributed by atoms with E-state index in [0.717, 1.165) is 28.2 Å². The molecule has 1 aromatic heterocycles. The second kappa shape index (κ2) is 7.66. The standard InChI is InChI=1S/C27H19F3N3O2SSe/c1-25(2)15-7-4-5-10-19(15)33-20-16(25)8-6-9-17(20)26(3,27(28,29)30)18-12-13(36-23(18)33)11-14-21(34)31-24(37)32-22(14)35/h4-12H,1-3H3,(H,31,32,34,35). The number of rotatable bonds is 1. The van der Waals surface area contributed by atoms with Crippen molar-refractivity contribution < 1.29 is 22.8 Å². The molecule has 2 aromatic carbocycles.